The minimum atomic E-state index is 0.229. The molecule has 0 spiro atoms. The summed E-state index contributed by atoms with van der Waals surface area (Å²) in [6, 6.07) is 0. The first-order chi connectivity index (χ1) is 8.90. The van der Waals surface area contributed by atoms with Crippen LogP contribution in [0.25, 0.3) is 0 Å². The van der Waals surface area contributed by atoms with Gasteiger partial charge in [-0.1, -0.05) is 33.0 Å². The first-order valence-electron chi connectivity index (χ1n) is 6.62. The zero-order chi connectivity index (χ0) is 14.6. The Morgan fingerprint density at radius 2 is 2.16 bits per heavy atom. The zero-order valence-corrected chi connectivity index (χ0v) is 14.5. The van der Waals surface area contributed by atoms with E-state index in [1.165, 1.54) is 5.69 Å². The molecule has 6 heteroatoms. The van der Waals surface area contributed by atoms with Crippen LogP contribution in [0.4, 0.5) is 0 Å². The maximum absolute atomic E-state index is 5.70. The summed E-state index contributed by atoms with van der Waals surface area (Å²) in [6.07, 6.45) is 0.934. The van der Waals surface area contributed by atoms with Crippen molar-refractivity contribution >= 4 is 33.1 Å². The number of rotatable bonds is 7. The minimum absolute atomic E-state index is 0.229. The Balaban J connectivity index is 2.81. The molecule has 0 saturated heterocycles. The lowest BCUT2D eigenvalue weighted by atomic mass is 10.1. The molecule has 1 aromatic heterocycles. The van der Waals surface area contributed by atoms with Crippen molar-refractivity contribution in [2.24, 2.45) is 18.7 Å². The predicted molar refractivity (Wildman–Crippen MR) is 87.2 cm³/mol. The topological polar surface area (TPSA) is 47.1 Å². The van der Waals surface area contributed by atoms with Crippen molar-refractivity contribution in [2.75, 3.05) is 13.1 Å². The van der Waals surface area contributed by atoms with E-state index in [0.29, 0.717) is 4.99 Å². The van der Waals surface area contributed by atoms with Gasteiger partial charge in [-0.3, -0.25) is 9.58 Å². The van der Waals surface area contributed by atoms with Crippen LogP contribution in [0.2, 0.25) is 0 Å². The molecule has 0 radical (unpaired) electrons. The molecule has 0 aliphatic rings. The molecule has 1 aromatic rings. The Bertz CT molecular complexity index is 444. The molecule has 1 atom stereocenters. The molecule has 0 fully saturated rings. The van der Waals surface area contributed by atoms with E-state index in [2.05, 4.69) is 46.7 Å². The molecular weight excluding hydrogens is 324 g/mol. The molecule has 2 N–H and O–H groups in total. The molecule has 1 rings (SSSR count). The molecule has 0 amide bonds. The Morgan fingerprint density at radius 3 is 2.58 bits per heavy atom. The van der Waals surface area contributed by atoms with Crippen molar-refractivity contribution in [3.63, 3.8) is 0 Å². The van der Waals surface area contributed by atoms with Crippen LogP contribution in [0.15, 0.2) is 4.47 Å². The summed E-state index contributed by atoms with van der Waals surface area (Å²) < 4.78 is 3.08. The molecule has 0 saturated carbocycles. The van der Waals surface area contributed by atoms with E-state index < -0.39 is 0 Å². The lowest BCUT2D eigenvalue weighted by Gasteiger charge is -2.24. The highest BCUT2D eigenvalue weighted by molar-refractivity contribution is 9.10. The molecule has 0 aliphatic heterocycles. The molecule has 0 aromatic carbocycles. The maximum atomic E-state index is 5.70. The number of nitrogens with two attached hydrogens (primary N) is 1. The van der Waals surface area contributed by atoms with Crippen LogP contribution in [0.1, 0.15) is 32.2 Å². The molecule has 0 bridgehead atoms. The van der Waals surface area contributed by atoms with Gasteiger partial charge in [-0.05, 0) is 28.9 Å². The van der Waals surface area contributed by atoms with Crippen LogP contribution in [0.3, 0.4) is 0 Å². The van der Waals surface area contributed by atoms with Crippen molar-refractivity contribution in [1.82, 2.24) is 14.7 Å². The third-order valence-electron chi connectivity index (χ3n) is 3.34. The molecule has 19 heavy (non-hydrogen) atoms. The molecule has 1 heterocycles. The van der Waals surface area contributed by atoms with Crippen molar-refractivity contribution in [3.05, 3.63) is 15.9 Å². The SMILES string of the molecule is CCc1nn(C)c(CN(CC)CC(C)C(N)=S)c1Br. The number of hydrogen-bond donors (Lipinski definition) is 1. The molecule has 108 valence electrons. The summed E-state index contributed by atoms with van der Waals surface area (Å²) in [7, 11) is 1.99. The first kappa shape index (κ1) is 16.6. The zero-order valence-electron chi connectivity index (χ0n) is 12.1. The second-order valence-corrected chi connectivity index (χ2v) is 6.08. The molecule has 0 aliphatic carbocycles. The molecule has 1 unspecified atom stereocenters. The Morgan fingerprint density at radius 1 is 1.53 bits per heavy atom. The highest BCUT2D eigenvalue weighted by atomic mass is 79.9. The van der Waals surface area contributed by atoms with Gasteiger partial charge in [0.05, 0.1) is 20.8 Å². The van der Waals surface area contributed by atoms with Crippen LogP contribution in [-0.2, 0) is 20.0 Å². The second-order valence-electron chi connectivity index (χ2n) is 4.82. The van der Waals surface area contributed by atoms with Crippen LogP contribution in [0.5, 0.6) is 0 Å². The van der Waals surface area contributed by atoms with Crippen LogP contribution >= 0.6 is 28.1 Å². The summed E-state index contributed by atoms with van der Waals surface area (Å²) in [6.45, 7) is 9.03. The fourth-order valence-electron chi connectivity index (χ4n) is 1.99. The maximum Gasteiger partial charge on any atom is 0.0768 e. The van der Waals surface area contributed by atoms with Crippen LogP contribution in [-0.4, -0.2) is 32.8 Å². The quantitative estimate of drug-likeness (QED) is 0.770. The number of thiocarbonyl (C=S) groups is 1. The Kier molecular flexibility index (Phi) is 6.42. The lowest BCUT2D eigenvalue weighted by molar-refractivity contribution is 0.257. The summed E-state index contributed by atoms with van der Waals surface area (Å²) >= 11 is 8.70. The van der Waals surface area contributed by atoms with Crippen LogP contribution < -0.4 is 5.73 Å². The Hall–Kier alpha value is -0.460. The third-order valence-corrected chi connectivity index (χ3v) is 4.66. The first-order valence-corrected chi connectivity index (χ1v) is 7.82. The minimum Gasteiger partial charge on any atom is -0.393 e. The Labute approximate surface area is 129 Å². The van der Waals surface area contributed by atoms with Gasteiger partial charge in [0, 0.05) is 26.1 Å². The van der Waals surface area contributed by atoms with Crippen molar-refractivity contribution < 1.29 is 0 Å². The van der Waals surface area contributed by atoms with Gasteiger partial charge in [-0.15, -0.1) is 0 Å². The number of aromatic nitrogens is 2. The molecule has 4 nitrogen and oxygen atoms in total. The normalized spacial score (nSPS) is 12.9. The van der Waals surface area contributed by atoms with E-state index in [4.69, 9.17) is 18.0 Å². The van der Waals surface area contributed by atoms with Gasteiger partial charge >= 0.3 is 0 Å². The van der Waals surface area contributed by atoms with E-state index in [1.54, 1.807) is 0 Å². The van der Waals surface area contributed by atoms with Gasteiger partial charge in [-0.25, -0.2) is 0 Å². The summed E-state index contributed by atoms with van der Waals surface area (Å²) in [4.78, 5) is 2.92. The van der Waals surface area contributed by atoms with Gasteiger partial charge < -0.3 is 5.73 Å². The monoisotopic (exact) mass is 346 g/mol. The number of nitrogens with zero attached hydrogens (tertiary/aromatic N) is 3. The number of aryl methyl sites for hydroxylation is 2. The van der Waals surface area contributed by atoms with Gasteiger partial charge in [0.1, 0.15) is 0 Å². The van der Waals surface area contributed by atoms with E-state index in [1.807, 2.05) is 11.7 Å². The van der Waals surface area contributed by atoms with Gasteiger partial charge in [-0.2, -0.15) is 5.10 Å². The molecular formula is C13H23BrN4S. The van der Waals surface area contributed by atoms with Gasteiger partial charge in [0.15, 0.2) is 0 Å². The highest BCUT2D eigenvalue weighted by Crippen LogP contribution is 2.23. The highest BCUT2D eigenvalue weighted by Gasteiger charge is 2.17. The number of halogens is 1. The van der Waals surface area contributed by atoms with Gasteiger partial charge in [0.2, 0.25) is 0 Å². The summed E-state index contributed by atoms with van der Waals surface area (Å²) in [5, 5.41) is 4.52. The summed E-state index contributed by atoms with van der Waals surface area (Å²) in [5.74, 6) is 0.229. The van der Waals surface area contributed by atoms with Crippen LogP contribution in [0, 0.1) is 5.92 Å². The van der Waals surface area contributed by atoms with E-state index in [0.717, 1.165) is 36.2 Å². The third kappa shape index (κ3) is 4.26. The van der Waals surface area contributed by atoms with Crippen molar-refractivity contribution in [2.45, 2.75) is 33.7 Å². The smallest absolute Gasteiger partial charge is 0.0768 e. The van der Waals surface area contributed by atoms with Gasteiger partial charge in [0.25, 0.3) is 0 Å². The fourth-order valence-corrected chi connectivity index (χ4v) is 2.80. The van der Waals surface area contributed by atoms with Crippen molar-refractivity contribution in [3.8, 4) is 0 Å². The fraction of sp³-hybridized carbons (Fsp3) is 0.692. The second kappa shape index (κ2) is 7.36. The van der Waals surface area contributed by atoms with E-state index >= 15 is 0 Å². The average molecular weight is 347 g/mol. The summed E-state index contributed by atoms with van der Waals surface area (Å²) in [5.41, 5.74) is 8.01. The lowest BCUT2D eigenvalue weighted by Crippen LogP contribution is -2.34. The van der Waals surface area contributed by atoms with Crippen molar-refractivity contribution in [1.29, 1.82) is 0 Å². The predicted octanol–water partition coefficient (Wildman–Crippen LogP) is 2.49. The number of hydrogen-bond acceptors (Lipinski definition) is 3. The average Bonchev–Trinajstić information content (AvgIpc) is 2.64. The van der Waals surface area contributed by atoms with E-state index in [-0.39, 0.29) is 5.92 Å². The van der Waals surface area contributed by atoms with E-state index in [9.17, 15) is 0 Å². The largest absolute Gasteiger partial charge is 0.393 e. The standard InChI is InChI=1S/C13H23BrN4S/c1-5-10-12(14)11(17(4)16-10)8-18(6-2)7-9(3)13(15)19/h9H,5-8H2,1-4H3,(H2,15,19).